The highest BCUT2D eigenvalue weighted by atomic mass is 35.5. The van der Waals surface area contributed by atoms with Gasteiger partial charge in [-0.1, -0.05) is 48.9 Å². The van der Waals surface area contributed by atoms with Crippen molar-refractivity contribution < 1.29 is 37.3 Å². The van der Waals surface area contributed by atoms with Crippen molar-refractivity contribution >= 4 is 17.7 Å². The standard InChI is InChI=1S/C29H29ClF3NO5/c1-16-22-21(38-29(16,17-8-6-5-7-9-17)15-34-27(36)39-28(2,3)4)14-19(32)25(30)24(22)23-20(37-13-12-35)11-10-18(31)26(23)33/h5-11,14,16,35H,12-13,15H2,1-4H3,(H,34,36)/t16-,29-/m0/s1. The van der Waals surface area contributed by atoms with E-state index in [0.717, 1.165) is 12.1 Å². The van der Waals surface area contributed by atoms with Crippen LogP contribution < -0.4 is 14.8 Å². The summed E-state index contributed by atoms with van der Waals surface area (Å²) in [5.74, 6) is -4.15. The molecule has 0 aliphatic carbocycles. The van der Waals surface area contributed by atoms with Gasteiger partial charge in [0, 0.05) is 23.1 Å². The molecule has 10 heteroatoms. The molecule has 2 N–H and O–H groups in total. The molecule has 1 amide bonds. The molecule has 1 aliphatic rings. The molecule has 0 spiro atoms. The van der Waals surface area contributed by atoms with Gasteiger partial charge in [-0.3, -0.25) is 0 Å². The summed E-state index contributed by atoms with van der Waals surface area (Å²) >= 11 is 6.43. The molecular weight excluding hydrogens is 535 g/mol. The van der Waals surface area contributed by atoms with Crippen molar-refractivity contribution in [1.29, 1.82) is 0 Å². The predicted molar refractivity (Wildman–Crippen MR) is 141 cm³/mol. The molecule has 1 heterocycles. The number of ether oxygens (including phenoxy) is 3. The number of nitrogens with one attached hydrogen (secondary N) is 1. The zero-order valence-electron chi connectivity index (χ0n) is 21.9. The smallest absolute Gasteiger partial charge is 0.407 e. The number of hydrogen-bond donors (Lipinski definition) is 2. The van der Waals surface area contributed by atoms with Gasteiger partial charge < -0.3 is 24.6 Å². The lowest BCUT2D eigenvalue weighted by molar-refractivity contribution is 0.0363. The van der Waals surface area contributed by atoms with E-state index in [-0.39, 0.29) is 36.8 Å². The highest BCUT2D eigenvalue weighted by Crippen LogP contribution is 2.56. The van der Waals surface area contributed by atoms with Gasteiger partial charge in [0.05, 0.1) is 23.7 Å². The molecule has 39 heavy (non-hydrogen) atoms. The van der Waals surface area contributed by atoms with Gasteiger partial charge in [0.15, 0.2) is 17.2 Å². The molecule has 0 unspecified atom stereocenters. The first-order valence-corrected chi connectivity index (χ1v) is 12.7. The fourth-order valence-corrected chi connectivity index (χ4v) is 5.02. The Morgan fingerprint density at radius 1 is 1.10 bits per heavy atom. The van der Waals surface area contributed by atoms with Crippen molar-refractivity contribution in [1.82, 2.24) is 5.32 Å². The van der Waals surface area contributed by atoms with Crippen LogP contribution in [-0.4, -0.2) is 36.6 Å². The predicted octanol–water partition coefficient (Wildman–Crippen LogP) is 6.71. The molecule has 3 aromatic rings. The Balaban J connectivity index is 1.90. The maximum absolute atomic E-state index is 15.4. The minimum atomic E-state index is -1.29. The Morgan fingerprint density at radius 2 is 1.79 bits per heavy atom. The molecule has 6 nitrogen and oxygen atoms in total. The van der Waals surface area contributed by atoms with E-state index < -0.39 is 51.3 Å². The summed E-state index contributed by atoms with van der Waals surface area (Å²) in [6.07, 6.45) is -0.690. The molecule has 0 saturated carbocycles. The van der Waals surface area contributed by atoms with Crippen LogP contribution in [0.4, 0.5) is 18.0 Å². The lowest BCUT2D eigenvalue weighted by Crippen LogP contribution is -2.47. The zero-order chi connectivity index (χ0) is 28.5. The van der Waals surface area contributed by atoms with Gasteiger partial charge >= 0.3 is 6.09 Å². The molecule has 0 saturated heterocycles. The summed E-state index contributed by atoms with van der Waals surface area (Å²) in [5.41, 5.74) is -1.64. The third-order valence-corrected chi connectivity index (χ3v) is 6.83. The van der Waals surface area contributed by atoms with E-state index in [0.29, 0.717) is 11.1 Å². The average Bonchev–Trinajstić information content (AvgIpc) is 3.16. The van der Waals surface area contributed by atoms with Crippen LogP contribution in [0.1, 0.15) is 44.7 Å². The normalized spacial score (nSPS) is 18.3. The molecule has 4 rings (SSSR count). The van der Waals surface area contributed by atoms with E-state index in [4.69, 9.17) is 25.8 Å². The van der Waals surface area contributed by atoms with Gasteiger partial charge in [0.1, 0.15) is 29.5 Å². The number of amides is 1. The first kappa shape index (κ1) is 28.6. The Bertz CT molecular complexity index is 1380. The van der Waals surface area contributed by atoms with Crippen LogP contribution in [0.3, 0.4) is 0 Å². The van der Waals surface area contributed by atoms with Crippen LogP contribution >= 0.6 is 11.6 Å². The van der Waals surface area contributed by atoms with Crippen molar-refractivity contribution in [3.05, 3.63) is 82.1 Å². The van der Waals surface area contributed by atoms with Crippen LogP contribution in [0.15, 0.2) is 48.5 Å². The van der Waals surface area contributed by atoms with E-state index in [2.05, 4.69) is 5.32 Å². The molecular formula is C29H29ClF3NO5. The van der Waals surface area contributed by atoms with Crippen LogP contribution in [0.25, 0.3) is 11.1 Å². The van der Waals surface area contributed by atoms with E-state index in [9.17, 15) is 14.3 Å². The Hall–Kier alpha value is -3.43. The van der Waals surface area contributed by atoms with Gasteiger partial charge in [0.25, 0.3) is 0 Å². The zero-order valence-corrected chi connectivity index (χ0v) is 22.7. The van der Waals surface area contributed by atoms with Crippen molar-refractivity contribution in [3.63, 3.8) is 0 Å². The number of fused-ring (bicyclic) bond motifs is 1. The van der Waals surface area contributed by atoms with E-state index in [1.165, 1.54) is 6.07 Å². The second-order valence-electron chi connectivity index (χ2n) is 10.2. The maximum Gasteiger partial charge on any atom is 0.407 e. The number of alkyl carbamates (subject to hydrolysis) is 1. The summed E-state index contributed by atoms with van der Waals surface area (Å²) in [6, 6.07) is 12.1. The minimum Gasteiger partial charge on any atom is -0.490 e. The average molecular weight is 564 g/mol. The molecule has 0 aromatic heterocycles. The van der Waals surface area contributed by atoms with Gasteiger partial charge in [-0.2, -0.15) is 0 Å². The van der Waals surface area contributed by atoms with E-state index in [1.807, 2.05) is 0 Å². The number of aliphatic hydroxyl groups excluding tert-OH is 1. The van der Waals surface area contributed by atoms with Gasteiger partial charge in [-0.25, -0.2) is 18.0 Å². The minimum absolute atomic E-state index is 0.0472. The fourth-order valence-electron chi connectivity index (χ4n) is 4.77. The number of halogens is 4. The number of aliphatic hydroxyl groups is 1. The van der Waals surface area contributed by atoms with E-state index >= 15 is 8.78 Å². The molecule has 2 atom stereocenters. The van der Waals surface area contributed by atoms with Crippen LogP contribution in [-0.2, 0) is 10.3 Å². The lowest BCUT2D eigenvalue weighted by atomic mass is 9.77. The third-order valence-electron chi connectivity index (χ3n) is 6.46. The quantitative estimate of drug-likeness (QED) is 0.334. The highest BCUT2D eigenvalue weighted by molar-refractivity contribution is 6.34. The first-order chi connectivity index (χ1) is 18.4. The van der Waals surface area contributed by atoms with Crippen molar-refractivity contribution in [2.24, 2.45) is 0 Å². The number of rotatable bonds is 7. The third kappa shape index (κ3) is 5.51. The first-order valence-electron chi connectivity index (χ1n) is 12.3. The van der Waals surface area contributed by atoms with Crippen LogP contribution in [0.2, 0.25) is 5.02 Å². The Morgan fingerprint density at radius 3 is 2.44 bits per heavy atom. The Kier molecular flexibility index (Phi) is 8.04. The number of benzene rings is 3. The van der Waals surface area contributed by atoms with Gasteiger partial charge in [-0.15, -0.1) is 0 Å². The SMILES string of the molecule is C[C@H]1c2c(cc(F)c(Cl)c2-c2c(OCCO)ccc(F)c2F)O[C@]1(CNC(=O)OC(C)(C)C)c1ccccc1. The number of carbonyl (C=O) groups excluding carboxylic acids is 1. The monoisotopic (exact) mass is 563 g/mol. The topological polar surface area (TPSA) is 77.0 Å². The molecule has 0 fully saturated rings. The summed E-state index contributed by atoms with van der Waals surface area (Å²) in [5, 5.41) is 11.5. The molecule has 0 bridgehead atoms. The van der Waals surface area contributed by atoms with Gasteiger partial charge in [0.2, 0.25) is 0 Å². The summed E-state index contributed by atoms with van der Waals surface area (Å²) in [6.45, 7) is 6.24. The number of hydrogen-bond acceptors (Lipinski definition) is 5. The van der Waals surface area contributed by atoms with Gasteiger partial charge in [-0.05, 0) is 38.5 Å². The molecule has 3 aromatic carbocycles. The molecule has 208 valence electrons. The second-order valence-corrected chi connectivity index (χ2v) is 10.6. The lowest BCUT2D eigenvalue weighted by Gasteiger charge is -2.34. The van der Waals surface area contributed by atoms with Crippen molar-refractivity contribution in [3.8, 4) is 22.6 Å². The van der Waals surface area contributed by atoms with Crippen molar-refractivity contribution in [2.45, 2.75) is 44.8 Å². The second kappa shape index (κ2) is 11.0. The molecule has 0 radical (unpaired) electrons. The maximum atomic E-state index is 15.4. The molecule has 1 aliphatic heterocycles. The van der Waals surface area contributed by atoms with E-state index in [1.54, 1.807) is 58.0 Å². The highest BCUT2D eigenvalue weighted by Gasteiger charge is 2.50. The van der Waals surface area contributed by atoms with Crippen molar-refractivity contribution in [2.75, 3.05) is 19.8 Å². The summed E-state index contributed by atoms with van der Waals surface area (Å²) in [4.78, 5) is 12.6. The van der Waals surface area contributed by atoms with Crippen LogP contribution in [0.5, 0.6) is 11.5 Å². The fraction of sp³-hybridized carbons (Fsp3) is 0.345. The largest absolute Gasteiger partial charge is 0.490 e. The van der Waals surface area contributed by atoms with Crippen LogP contribution in [0, 0.1) is 17.5 Å². The number of carbonyl (C=O) groups is 1. The summed E-state index contributed by atoms with van der Waals surface area (Å²) < 4.78 is 62.4. The Labute approximate surface area is 229 Å². The summed E-state index contributed by atoms with van der Waals surface area (Å²) in [7, 11) is 0.